The molecular weight excluding hydrogens is 352 g/mol. The van der Waals surface area contributed by atoms with E-state index in [0.29, 0.717) is 13.0 Å². The molecule has 0 fully saturated rings. The number of thiazole rings is 1. The molecule has 4 aromatic rings. The summed E-state index contributed by atoms with van der Waals surface area (Å²) in [6, 6.07) is 26.5. The van der Waals surface area contributed by atoms with Gasteiger partial charge >= 0.3 is 0 Å². The number of para-hydroxylation sites is 1. The molecule has 1 amide bonds. The van der Waals surface area contributed by atoms with Crippen molar-refractivity contribution >= 4 is 27.5 Å². The van der Waals surface area contributed by atoms with E-state index in [0.717, 1.165) is 26.4 Å². The average Bonchev–Trinajstić information content (AvgIpc) is 3.11. The van der Waals surface area contributed by atoms with Crippen molar-refractivity contribution in [3.05, 3.63) is 89.4 Å². The van der Waals surface area contributed by atoms with E-state index >= 15 is 0 Å². The number of likely N-dealkylation sites (N-methyl/N-ethyl adjacent to an activating group) is 1. The monoisotopic (exact) mass is 372 g/mol. The van der Waals surface area contributed by atoms with E-state index in [1.807, 2.05) is 55.6 Å². The van der Waals surface area contributed by atoms with Gasteiger partial charge in [0.25, 0.3) is 0 Å². The van der Waals surface area contributed by atoms with Crippen LogP contribution in [0, 0.1) is 0 Å². The quantitative estimate of drug-likeness (QED) is 0.484. The number of rotatable bonds is 5. The van der Waals surface area contributed by atoms with Crippen LogP contribution in [0.2, 0.25) is 0 Å². The van der Waals surface area contributed by atoms with Crippen LogP contribution in [-0.2, 0) is 17.8 Å². The Hall–Kier alpha value is -2.98. The van der Waals surface area contributed by atoms with Crippen LogP contribution < -0.4 is 0 Å². The fourth-order valence-corrected chi connectivity index (χ4v) is 4.05. The van der Waals surface area contributed by atoms with Gasteiger partial charge in [0, 0.05) is 7.05 Å². The lowest BCUT2D eigenvalue weighted by atomic mass is 10.0. The summed E-state index contributed by atoms with van der Waals surface area (Å²) in [4.78, 5) is 19.0. The van der Waals surface area contributed by atoms with Gasteiger partial charge in [-0.05, 0) is 28.8 Å². The molecule has 0 atom stereocenters. The number of carbonyl (C=O) groups is 1. The molecule has 0 saturated heterocycles. The summed E-state index contributed by atoms with van der Waals surface area (Å²) < 4.78 is 1.16. The van der Waals surface area contributed by atoms with Crippen LogP contribution in [0.4, 0.5) is 0 Å². The third-order valence-corrected chi connectivity index (χ3v) is 5.57. The molecule has 0 bridgehead atoms. The number of hydrogen-bond donors (Lipinski definition) is 0. The number of hydrogen-bond acceptors (Lipinski definition) is 3. The maximum Gasteiger partial charge on any atom is 0.227 e. The minimum atomic E-state index is 0.0988. The van der Waals surface area contributed by atoms with E-state index in [1.54, 1.807) is 16.2 Å². The molecular formula is C23H20N2OS. The van der Waals surface area contributed by atoms with Gasteiger partial charge in [0.15, 0.2) is 0 Å². The SMILES string of the molecule is CN(Cc1nc2ccccc2s1)C(=O)Cc1ccc(-c2ccccc2)cc1. The normalized spacial score (nSPS) is 10.9. The standard InChI is InChI=1S/C23H20N2OS/c1-25(16-22-24-20-9-5-6-10-21(20)27-22)23(26)15-17-11-13-19(14-12-17)18-7-3-2-4-8-18/h2-14H,15-16H2,1H3. The van der Waals surface area contributed by atoms with Gasteiger partial charge in [-0.3, -0.25) is 4.79 Å². The van der Waals surface area contributed by atoms with Crippen LogP contribution >= 0.6 is 11.3 Å². The first-order chi connectivity index (χ1) is 13.2. The molecule has 0 aliphatic heterocycles. The topological polar surface area (TPSA) is 33.2 Å². The molecule has 3 aromatic carbocycles. The second-order valence-corrected chi connectivity index (χ2v) is 7.68. The van der Waals surface area contributed by atoms with Crippen molar-refractivity contribution in [1.29, 1.82) is 0 Å². The third-order valence-electron chi connectivity index (χ3n) is 4.55. The molecule has 0 aliphatic rings. The minimum absolute atomic E-state index is 0.0988. The Bertz CT molecular complexity index is 1020. The van der Waals surface area contributed by atoms with Crippen LogP contribution in [-0.4, -0.2) is 22.8 Å². The van der Waals surface area contributed by atoms with Gasteiger partial charge in [0.1, 0.15) is 5.01 Å². The predicted octanol–water partition coefficient (Wildman–Crippen LogP) is 5.16. The van der Waals surface area contributed by atoms with Gasteiger partial charge in [-0.15, -0.1) is 11.3 Å². The highest BCUT2D eigenvalue weighted by Gasteiger charge is 2.13. The van der Waals surface area contributed by atoms with E-state index < -0.39 is 0 Å². The summed E-state index contributed by atoms with van der Waals surface area (Å²) in [7, 11) is 1.84. The van der Waals surface area contributed by atoms with Crippen molar-refractivity contribution in [2.45, 2.75) is 13.0 Å². The Balaban J connectivity index is 1.40. The number of fused-ring (bicyclic) bond motifs is 1. The fraction of sp³-hybridized carbons (Fsp3) is 0.130. The molecule has 4 heteroatoms. The fourth-order valence-electron chi connectivity index (χ4n) is 3.03. The largest absolute Gasteiger partial charge is 0.339 e. The average molecular weight is 372 g/mol. The van der Waals surface area contributed by atoms with E-state index in [2.05, 4.69) is 35.3 Å². The zero-order chi connectivity index (χ0) is 18.6. The van der Waals surface area contributed by atoms with Crippen LogP contribution in [0.1, 0.15) is 10.6 Å². The highest BCUT2D eigenvalue weighted by atomic mass is 32.1. The minimum Gasteiger partial charge on any atom is -0.339 e. The highest BCUT2D eigenvalue weighted by molar-refractivity contribution is 7.18. The summed E-state index contributed by atoms with van der Waals surface area (Å²) in [5, 5.41) is 0.964. The van der Waals surface area contributed by atoms with Gasteiger partial charge in [-0.1, -0.05) is 66.7 Å². The van der Waals surface area contributed by atoms with E-state index in [-0.39, 0.29) is 5.91 Å². The Morgan fingerprint density at radius 2 is 1.56 bits per heavy atom. The molecule has 27 heavy (non-hydrogen) atoms. The summed E-state index contributed by atoms with van der Waals surface area (Å²) in [5.74, 6) is 0.0988. The number of benzene rings is 3. The zero-order valence-electron chi connectivity index (χ0n) is 15.1. The smallest absolute Gasteiger partial charge is 0.227 e. The maximum absolute atomic E-state index is 12.6. The van der Waals surface area contributed by atoms with Crippen LogP contribution in [0.15, 0.2) is 78.9 Å². The van der Waals surface area contributed by atoms with Gasteiger partial charge < -0.3 is 4.90 Å². The first-order valence-corrected chi connectivity index (χ1v) is 9.73. The first-order valence-electron chi connectivity index (χ1n) is 8.92. The Kier molecular flexibility index (Phi) is 4.99. The zero-order valence-corrected chi connectivity index (χ0v) is 15.9. The molecule has 0 aliphatic carbocycles. The Morgan fingerprint density at radius 1 is 0.889 bits per heavy atom. The lowest BCUT2D eigenvalue weighted by molar-refractivity contribution is -0.129. The molecule has 0 spiro atoms. The second kappa shape index (κ2) is 7.72. The molecule has 1 aromatic heterocycles. The molecule has 4 rings (SSSR count). The second-order valence-electron chi connectivity index (χ2n) is 6.56. The Morgan fingerprint density at radius 3 is 2.30 bits per heavy atom. The number of aromatic nitrogens is 1. The van der Waals surface area contributed by atoms with Crippen molar-refractivity contribution in [3.63, 3.8) is 0 Å². The number of carbonyl (C=O) groups excluding carboxylic acids is 1. The lowest BCUT2D eigenvalue weighted by Gasteiger charge is -2.15. The lowest BCUT2D eigenvalue weighted by Crippen LogP contribution is -2.27. The van der Waals surface area contributed by atoms with Crippen molar-refractivity contribution in [1.82, 2.24) is 9.88 Å². The highest BCUT2D eigenvalue weighted by Crippen LogP contribution is 2.23. The van der Waals surface area contributed by atoms with Crippen molar-refractivity contribution < 1.29 is 4.79 Å². The van der Waals surface area contributed by atoms with E-state index in [9.17, 15) is 4.79 Å². The first kappa shape index (κ1) is 17.4. The summed E-state index contributed by atoms with van der Waals surface area (Å²) in [6.07, 6.45) is 0.399. The number of amides is 1. The van der Waals surface area contributed by atoms with Crippen LogP contribution in [0.5, 0.6) is 0 Å². The molecule has 0 saturated carbocycles. The predicted molar refractivity (Wildman–Crippen MR) is 112 cm³/mol. The molecule has 134 valence electrons. The molecule has 0 unspecified atom stereocenters. The maximum atomic E-state index is 12.6. The Labute approximate surface area is 162 Å². The summed E-state index contributed by atoms with van der Waals surface area (Å²) >= 11 is 1.64. The van der Waals surface area contributed by atoms with Crippen molar-refractivity contribution in [2.24, 2.45) is 0 Å². The summed E-state index contributed by atoms with van der Waals surface area (Å²) in [6.45, 7) is 0.542. The van der Waals surface area contributed by atoms with Crippen molar-refractivity contribution in [3.8, 4) is 11.1 Å². The number of nitrogens with zero attached hydrogens (tertiary/aromatic N) is 2. The molecule has 1 heterocycles. The van der Waals surface area contributed by atoms with Crippen LogP contribution in [0.3, 0.4) is 0 Å². The van der Waals surface area contributed by atoms with E-state index in [4.69, 9.17) is 0 Å². The third kappa shape index (κ3) is 4.07. The molecule has 3 nitrogen and oxygen atoms in total. The van der Waals surface area contributed by atoms with Crippen molar-refractivity contribution in [2.75, 3.05) is 7.05 Å². The van der Waals surface area contributed by atoms with Crippen LogP contribution in [0.25, 0.3) is 21.3 Å². The molecule has 0 radical (unpaired) electrons. The summed E-state index contributed by atoms with van der Waals surface area (Å²) in [5.41, 5.74) is 4.36. The van der Waals surface area contributed by atoms with Gasteiger partial charge in [-0.2, -0.15) is 0 Å². The van der Waals surface area contributed by atoms with Gasteiger partial charge in [0.05, 0.1) is 23.2 Å². The van der Waals surface area contributed by atoms with E-state index in [1.165, 1.54) is 5.56 Å². The molecule has 0 N–H and O–H groups in total. The van der Waals surface area contributed by atoms with Gasteiger partial charge in [0.2, 0.25) is 5.91 Å². The van der Waals surface area contributed by atoms with Gasteiger partial charge in [-0.25, -0.2) is 4.98 Å².